The minimum atomic E-state index is -4.55. The molecule has 1 saturated heterocycles. The van der Waals surface area contributed by atoms with Crippen LogP contribution < -0.4 is 10.1 Å². The summed E-state index contributed by atoms with van der Waals surface area (Å²) in [5, 5.41) is 1.76. The standard InChI is InChI=1S/C15H15F5N2O3/c16-14(17)25-10-4-1-3-9(7-10)13(24)22-6-2-5-11(22)12(23)21-8-15(18,19)20/h1,3-4,7,11,14H,2,5-6,8H2,(H,21,23)/t11-/m0/s1. The van der Waals surface area contributed by atoms with Gasteiger partial charge in [0.2, 0.25) is 5.91 Å². The van der Waals surface area contributed by atoms with Crippen molar-refractivity contribution in [1.82, 2.24) is 10.2 Å². The first kappa shape index (κ1) is 18.9. The number of benzene rings is 1. The lowest BCUT2D eigenvalue weighted by Gasteiger charge is -2.24. The minimum absolute atomic E-state index is 0.00803. The molecule has 10 heteroatoms. The molecule has 1 N–H and O–H groups in total. The average molecular weight is 366 g/mol. The maximum atomic E-state index is 12.5. The molecule has 1 aromatic carbocycles. The van der Waals surface area contributed by atoms with E-state index < -0.39 is 37.2 Å². The lowest BCUT2D eigenvalue weighted by atomic mass is 10.1. The number of nitrogens with one attached hydrogen (secondary N) is 1. The number of rotatable bonds is 5. The second kappa shape index (κ2) is 7.66. The summed E-state index contributed by atoms with van der Waals surface area (Å²) in [6, 6.07) is 3.98. The van der Waals surface area contributed by atoms with Crippen LogP contribution in [0.25, 0.3) is 0 Å². The van der Waals surface area contributed by atoms with Crippen molar-refractivity contribution in [3.63, 3.8) is 0 Å². The SMILES string of the molecule is O=C(NCC(F)(F)F)[C@@H]1CCCN1C(=O)c1cccc(OC(F)F)c1. The van der Waals surface area contributed by atoms with Crippen LogP contribution in [-0.2, 0) is 4.79 Å². The van der Waals surface area contributed by atoms with E-state index in [1.165, 1.54) is 18.2 Å². The zero-order valence-corrected chi connectivity index (χ0v) is 12.9. The third-order valence-electron chi connectivity index (χ3n) is 3.59. The van der Waals surface area contributed by atoms with Gasteiger partial charge in [0.05, 0.1) is 0 Å². The summed E-state index contributed by atoms with van der Waals surface area (Å²) in [5.41, 5.74) is 0.00803. The number of carbonyl (C=O) groups excluding carboxylic acids is 2. The maximum absolute atomic E-state index is 12.5. The fourth-order valence-electron chi connectivity index (χ4n) is 2.56. The molecule has 138 valence electrons. The summed E-state index contributed by atoms with van der Waals surface area (Å²) in [6.45, 7) is -4.36. The van der Waals surface area contributed by atoms with Crippen LogP contribution in [0.1, 0.15) is 23.2 Å². The van der Waals surface area contributed by atoms with Gasteiger partial charge in [0.15, 0.2) is 0 Å². The Labute approximate surface area is 139 Å². The van der Waals surface area contributed by atoms with Gasteiger partial charge in [0.25, 0.3) is 5.91 Å². The predicted octanol–water partition coefficient (Wildman–Crippen LogP) is 2.57. The molecule has 1 fully saturated rings. The summed E-state index contributed by atoms with van der Waals surface area (Å²) in [7, 11) is 0. The highest BCUT2D eigenvalue weighted by molar-refractivity contribution is 5.98. The molecule has 0 aromatic heterocycles. The largest absolute Gasteiger partial charge is 0.435 e. The molecule has 1 aliphatic heterocycles. The van der Waals surface area contributed by atoms with Gasteiger partial charge in [-0.1, -0.05) is 6.07 Å². The molecule has 0 radical (unpaired) electrons. The molecule has 0 saturated carbocycles. The molecule has 0 bridgehead atoms. The Kier molecular flexibility index (Phi) is 5.81. The summed E-state index contributed by atoms with van der Waals surface area (Å²) < 4.78 is 65.3. The zero-order valence-electron chi connectivity index (χ0n) is 12.9. The van der Waals surface area contributed by atoms with Gasteiger partial charge < -0.3 is 15.0 Å². The van der Waals surface area contributed by atoms with Crippen LogP contribution in [0.2, 0.25) is 0 Å². The van der Waals surface area contributed by atoms with E-state index >= 15 is 0 Å². The van der Waals surface area contributed by atoms with Crippen LogP contribution in [0.3, 0.4) is 0 Å². The molecule has 0 aliphatic carbocycles. The van der Waals surface area contributed by atoms with E-state index in [9.17, 15) is 31.5 Å². The summed E-state index contributed by atoms with van der Waals surface area (Å²) in [4.78, 5) is 25.5. The van der Waals surface area contributed by atoms with Gasteiger partial charge in [-0.05, 0) is 31.0 Å². The molecule has 1 atom stereocenters. The molecule has 25 heavy (non-hydrogen) atoms. The Hall–Kier alpha value is -2.39. The van der Waals surface area contributed by atoms with Crippen LogP contribution in [0.4, 0.5) is 22.0 Å². The molecule has 2 rings (SSSR count). The van der Waals surface area contributed by atoms with Crippen LogP contribution in [0.15, 0.2) is 24.3 Å². The van der Waals surface area contributed by atoms with E-state index in [1.807, 2.05) is 0 Å². The number of carbonyl (C=O) groups is 2. The predicted molar refractivity (Wildman–Crippen MR) is 76.2 cm³/mol. The molecule has 1 aromatic rings. The number of amides is 2. The zero-order chi connectivity index (χ0) is 18.6. The van der Waals surface area contributed by atoms with Crippen LogP contribution in [-0.4, -0.2) is 48.6 Å². The molecule has 2 amide bonds. The molecule has 1 heterocycles. The monoisotopic (exact) mass is 366 g/mol. The first-order chi connectivity index (χ1) is 11.7. The van der Waals surface area contributed by atoms with Gasteiger partial charge in [-0.25, -0.2) is 0 Å². The summed E-state index contributed by atoms with van der Waals surface area (Å²) in [5.74, 6) is -1.76. The van der Waals surface area contributed by atoms with E-state index in [2.05, 4.69) is 4.74 Å². The van der Waals surface area contributed by atoms with Crippen LogP contribution in [0.5, 0.6) is 5.75 Å². The molecular weight excluding hydrogens is 351 g/mol. The molecule has 0 unspecified atom stereocenters. The van der Waals surface area contributed by atoms with Crippen molar-refractivity contribution in [2.75, 3.05) is 13.1 Å². The lowest BCUT2D eigenvalue weighted by molar-refractivity contribution is -0.140. The Balaban J connectivity index is 2.08. The number of halogens is 5. The van der Waals surface area contributed by atoms with Gasteiger partial charge in [0, 0.05) is 12.1 Å². The summed E-state index contributed by atoms with van der Waals surface area (Å²) >= 11 is 0. The lowest BCUT2D eigenvalue weighted by Crippen LogP contribution is -2.48. The van der Waals surface area contributed by atoms with E-state index in [0.29, 0.717) is 6.42 Å². The average Bonchev–Trinajstić information content (AvgIpc) is 3.00. The van der Waals surface area contributed by atoms with E-state index in [4.69, 9.17) is 0 Å². The number of nitrogens with zero attached hydrogens (tertiary/aromatic N) is 1. The van der Waals surface area contributed by atoms with Crippen molar-refractivity contribution in [2.45, 2.75) is 31.7 Å². The van der Waals surface area contributed by atoms with Gasteiger partial charge in [0.1, 0.15) is 18.3 Å². The van der Waals surface area contributed by atoms with Gasteiger partial charge in [-0.2, -0.15) is 22.0 Å². The minimum Gasteiger partial charge on any atom is -0.435 e. The quantitative estimate of drug-likeness (QED) is 0.815. The molecule has 1 aliphatic rings. The van der Waals surface area contributed by atoms with Crippen molar-refractivity contribution < 1.29 is 36.3 Å². The number of alkyl halides is 5. The van der Waals surface area contributed by atoms with Crippen LogP contribution >= 0.6 is 0 Å². The van der Waals surface area contributed by atoms with Gasteiger partial charge in [-0.15, -0.1) is 0 Å². The van der Waals surface area contributed by atoms with Crippen LogP contribution in [0, 0.1) is 0 Å². The Morgan fingerprint density at radius 2 is 2.04 bits per heavy atom. The number of likely N-dealkylation sites (tertiary alicyclic amines) is 1. The normalized spacial score (nSPS) is 17.7. The molecule has 0 spiro atoms. The molecular formula is C15H15F5N2O3. The number of ether oxygens (including phenoxy) is 1. The summed E-state index contributed by atoms with van der Waals surface area (Å²) in [6.07, 6.45) is -3.88. The van der Waals surface area contributed by atoms with Gasteiger partial charge in [-0.3, -0.25) is 9.59 Å². The van der Waals surface area contributed by atoms with Gasteiger partial charge >= 0.3 is 12.8 Å². The van der Waals surface area contributed by atoms with Crippen molar-refractivity contribution in [3.8, 4) is 5.75 Å². The molecule has 5 nitrogen and oxygen atoms in total. The Morgan fingerprint density at radius 3 is 2.68 bits per heavy atom. The highest BCUT2D eigenvalue weighted by Crippen LogP contribution is 2.23. The number of hydrogen-bond donors (Lipinski definition) is 1. The highest BCUT2D eigenvalue weighted by Gasteiger charge is 2.36. The fraction of sp³-hybridized carbons (Fsp3) is 0.467. The third-order valence-corrected chi connectivity index (χ3v) is 3.59. The second-order valence-corrected chi connectivity index (χ2v) is 5.40. The topological polar surface area (TPSA) is 58.6 Å². The Morgan fingerprint density at radius 1 is 1.32 bits per heavy atom. The second-order valence-electron chi connectivity index (χ2n) is 5.40. The van der Waals surface area contributed by atoms with E-state index in [1.54, 1.807) is 5.32 Å². The highest BCUT2D eigenvalue weighted by atomic mass is 19.4. The first-order valence-electron chi connectivity index (χ1n) is 7.37. The van der Waals surface area contributed by atoms with Crippen molar-refractivity contribution in [1.29, 1.82) is 0 Å². The number of hydrogen-bond acceptors (Lipinski definition) is 3. The van der Waals surface area contributed by atoms with E-state index in [0.717, 1.165) is 11.0 Å². The fourth-order valence-corrected chi connectivity index (χ4v) is 2.56. The first-order valence-corrected chi connectivity index (χ1v) is 7.37. The smallest absolute Gasteiger partial charge is 0.405 e. The van der Waals surface area contributed by atoms with Crippen molar-refractivity contribution >= 4 is 11.8 Å². The van der Waals surface area contributed by atoms with E-state index in [-0.39, 0.29) is 24.3 Å². The third kappa shape index (κ3) is 5.30. The Bertz CT molecular complexity index is 636. The van der Waals surface area contributed by atoms with Crippen molar-refractivity contribution in [3.05, 3.63) is 29.8 Å². The maximum Gasteiger partial charge on any atom is 0.405 e. The van der Waals surface area contributed by atoms with Crippen molar-refractivity contribution in [2.24, 2.45) is 0 Å².